The fraction of sp³-hybridized carbons (Fsp3) is 0.143. The second-order valence-corrected chi connectivity index (χ2v) is 4.00. The Bertz CT molecular complexity index is 320. The topological polar surface area (TPSA) is 98.2 Å². The Morgan fingerprint density at radius 3 is 1.79 bits per heavy atom. The van der Waals surface area contributed by atoms with Gasteiger partial charge in [0.2, 0.25) is 10.0 Å². The molecule has 0 heterocycles. The zero-order valence-electron chi connectivity index (χ0n) is 7.67. The Morgan fingerprint density at radius 2 is 1.57 bits per heavy atom. The second-order valence-electron chi connectivity index (χ2n) is 2.34. The largest absolute Gasteiger partial charge is 0.324 e. The molecule has 0 bridgehead atoms. The molecule has 7 heteroatoms. The molecule has 5 N–H and O–H groups in total. The fourth-order valence-electron chi connectivity index (χ4n) is 0.534. The van der Waals surface area contributed by atoms with Gasteiger partial charge in [-0.15, -0.1) is 12.4 Å². The van der Waals surface area contributed by atoms with Crippen molar-refractivity contribution in [2.24, 2.45) is 11.0 Å². The van der Waals surface area contributed by atoms with Gasteiger partial charge in [0.25, 0.3) is 0 Å². The second kappa shape index (κ2) is 7.57. The van der Waals surface area contributed by atoms with Crippen LogP contribution in [0.4, 0.5) is 5.69 Å². The van der Waals surface area contributed by atoms with Crippen molar-refractivity contribution >= 4 is 28.1 Å². The van der Waals surface area contributed by atoms with Crippen LogP contribution in [0, 0.1) is 0 Å². The molecule has 0 aliphatic carbocycles. The van der Waals surface area contributed by atoms with Crippen LogP contribution in [0.25, 0.3) is 0 Å². The highest BCUT2D eigenvalue weighted by atomic mass is 35.5. The number of nitrogens with two attached hydrogens (primary N) is 2. The molecule has 0 amide bonds. The van der Waals surface area contributed by atoms with Crippen molar-refractivity contribution in [1.29, 1.82) is 0 Å². The van der Waals surface area contributed by atoms with Crippen LogP contribution in [0.15, 0.2) is 30.3 Å². The van der Waals surface area contributed by atoms with E-state index in [-0.39, 0.29) is 12.4 Å². The highest BCUT2D eigenvalue weighted by Gasteiger charge is 1.79. The Hall–Kier alpha value is -0.820. The summed E-state index contributed by atoms with van der Waals surface area (Å²) in [6.07, 6.45) is 0.938. The Kier molecular flexibility index (Phi) is 8.46. The summed E-state index contributed by atoms with van der Waals surface area (Å²) in [6.45, 7) is 0. The van der Waals surface area contributed by atoms with Gasteiger partial charge < -0.3 is 5.43 Å². The van der Waals surface area contributed by atoms with E-state index in [1.807, 2.05) is 30.3 Å². The van der Waals surface area contributed by atoms with Crippen LogP contribution in [0.5, 0.6) is 0 Å². The summed E-state index contributed by atoms with van der Waals surface area (Å²) < 4.78 is 18.8. The number of hydrazine groups is 1. The van der Waals surface area contributed by atoms with Crippen molar-refractivity contribution in [3.8, 4) is 0 Å². The van der Waals surface area contributed by atoms with Gasteiger partial charge in [-0.1, -0.05) is 18.2 Å². The monoisotopic (exact) mass is 239 g/mol. The molecule has 0 aromatic heterocycles. The van der Waals surface area contributed by atoms with E-state index < -0.39 is 10.0 Å². The standard InChI is InChI=1S/C6H8N2.CH5NO2S.ClH/c7-8-6-4-2-1-3-5-6;1-5(2,3)4;/h1-5,8H,7H2;1H3,(H2,2,3,4);1H. The van der Waals surface area contributed by atoms with Gasteiger partial charge in [-0.05, 0) is 12.1 Å². The van der Waals surface area contributed by atoms with E-state index in [1.165, 1.54) is 0 Å². The maximum absolute atomic E-state index is 9.41. The molecule has 0 aliphatic rings. The van der Waals surface area contributed by atoms with Crippen molar-refractivity contribution < 1.29 is 8.42 Å². The lowest BCUT2D eigenvalue weighted by Gasteiger charge is -1.94. The number of benzene rings is 1. The number of halogens is 1. The number of anilines is 1. The lowest BCUT2D eigenvalue weighted by molar-refractivity contribution is 0.603. The summed E-state index contributed by atoms with van der Waals surface area (Å²) in [7, 11) is -3.17. The molecule has 14 heavy (non-hydrogen) atoms. The van der Waals surface area contributed by atoms with E-state index in [1.54, 1.807) is 0 Å². The molecule has 82 valence electrons. The van der Waals surface area contributed by atoms with Gasteiger partial charge in [-0.25, -0.2) is 13.6 Å². The molecule has 1 aromatic rings. The van der Waals surface area contributed by atoms with E-state index in [4.69, 9.17) is 5.84 Å². The number of nitrogen functional groups attached to an aromatic ring is 1. The maximum Gasteiger partial charge on any atom is 0.206 e. The van der Waals surface area contributed by atoms with Gasteiger partial charge in [-0.3, -0.25) is 5.84 Å². The predicted molar refractivity (Wildman–Crippen MR) is 60.5 cm³/mol. The molecule has 0 saturated carbocycles. The summed E-state index contributed by atoms with van der Waals surface area (Å²) >= 11 is 0. The van der Waals surface area contributed by atoms with Crippen molar-refractivity contribution in [2.45, 2.75) is 0 Å². The summed E-state index contributed by atoms with van der Waals surface area (Å²) in [4.78, 5) is 0. The summed E-state index contributed by atoms with van der Waals surface area (Å²) in [5.74, 6) is 5.10. The van der Waals surface area contributed by atoms with Crippen molar-refractivity contribution in [1.82, 2.24) is 0 Å². The molecule has 1 rings (SSSR count). The summed E-state index contributed by atoms with van der Waals surface area (Å²) in [5.41, 5.74) is 3.46. The van der Waals surface area contributed by atoms with Crippen molar-refractivity contribution in [3.63, 3.8) is 0 Å². The number of hydrogen-bond donors (Lipinski definition) is 3. The molecule has 0 spiro atoms. The first-order valence-electron chi connectivity index (χ1n) is 3.43. The minimum atomic E-state index is -3.17. The third-order valence-corrected chi connectivity index (χ3v) is 0.940. The molecule has 0 fully saturated rings. The van der Waals surface area contributed by atoms with Crippen LogP contribution in [-0.2, 0) is 10.0 Å². The average Bonchev–Trinajstić information content (AvgIpc) is 2.03. The summed E-state index contributed by atoms with van der Waals surface area (Å²) in [6, 6.07) is 9.60. The van der Waals surface area contributed by atoms with Crippen LogP contribution in [0.3, 0.4) is 0 Å². The summed E-state index contributed by atoms with van der Waals surface area (Å²) in [5, 5.41) is 4.33. The highest BCUT2D eigenvalue weighted by Crippen LogP contribution is 2.00. The molecule has 0 unspecified atom stereocenters. The third kappa shape index (κ3) is 13.7. The first-order chi connectivity index (χ1) is 5.93. The van der Waals surface area contributed by atoms with Crippen molar-refractivity contribution in [3.05, 3.63) is 30.3 Å². The van der Waals surface area contributed by atoms with Gasteiger partial charge in [0, 0.05) is 5.69 Å². The number of rotatable bonds is 1. The molecule has 5 nitrogen and oxygen atoms in total. The fourth-order valence-corrected chi connectivity index (χ4v) is 0.534. The zero-order valence-corrected chi connectivity index (χ0v) is 9.31. The van der Waals surface area contributed by atoms with Crippen LogP contribution >= 0.6 is 12.4 Å². The molecular weight excluding hydrogens is 226 g/mol. The van der Waals surface area contributed by atoms with Crippen LogP contribution in [0.1, 0.15) is 0 Å². The molecular formula is C7H14ClN3O2S. The number of nitrogens with one attached hydrogen (secondary N) is 1. The first kappa shape index (κ1) is 15.6. The van der Waals surface area contributed by atoms with Crippen LogP contribution in [-0.4, -0.2) is 14.7 Å². The highest BCUT2D eigenvalue weighted by molar-refractivity contribution is 7.88. The van der Waals surface area contributed by atoms with E-state index in [0.29, 0.717) is 0 Å². The number of sulfonamides is 1. The van der Waals surface area contributed by atoms with Crippen molar-refractivity contribution in [2.75, 3.05) is 11.7 Å². The molecule has 1 aromatic carbocycles. The number of para-hydroxylation sites is 1. The van der Waals surface area contributed by atoms with Gasteiger partial charge in [0.05, 0.1) is 6.26 Å². The van der Waals surface area contributed by atoms with Gasteiger partial charge in [0.1, 0.15) is 0 Å². The minimum Gasteiger partial charge on any atom is -0.324 e. The molecule has 0 saturated heterocycles. The average molecular weight is 240 g/mol. The SMILES string of the molecule is CS(N)(=O)=O.Cl.NNc1ccccc1. The zero-order chi connectivity index (χ0) is 10.3. The van der Waals surface area contributed by atoms with Gasteiger partial charge in [-0.2, -0.15) is 0 Å². The van der Waals surface area contributed by atoms with Gasteiger partial charge in [0.15, 0.2) is 0 Å². The Balaban J connectivity index is 0. The maximum atomic E-state index is 9.41. The van der Waals surface area contributed by atoms with Crippen LogP contribution < -0.4 is 16.4 Å². The molecule has 0 atom stereocenters. The Labute approximate surface area is 89.9 Å². The van der Waals surface area contributed by atoms with Crippen LogP contribution in [0.2, 0.25) is 0 Å². The van der Waals surface area contributed by atoms with E-state index >= 15 is 0 Å². The first-order valence-corrected chi connectivity index (χ1v) is 5.38. The predicted octanol–water partition coefficient (Wildman–Crippen LogP) is 0.299. The molecule has 0 radical (unpaired) electrons. The molecule has 0 aliphatic heterocycles. The normalized spacial score (nSPS) is 9.07. The lowest BCUT2D eigenvalue weighted by Crippen LogP contribution is -2.07. The minimum absolute atomic E-state index is 0. The number of hydrogen-bond acceptors (Lipinski definition) is 4. The van der Waals surface area contributed by atoms with E-state index in [2.05, 4.69) is 10.6 Å². The van der Waals surface area contributed by atoms with Gasteiger partial charge >= 0.3 is 0 Å². The Morgan fingerprint density at radius 1 is 1.21 bits per heavy atom. The smallest absolute Gasteiger partial charge is 0.206 e. The van der Waals surface area contributed by atoms with E-state index in [0.717, 1.165) is 11.9 Å². The number of primary sulfonamides is 1. The lowest BCUT2D eigenvalue weighted by atomic mass is 10.3. The van der Waals surface area contributed by atoms with E-state index in [9.17, 15) is 8.42 Å². The third-order valence-electron chi connectivity index (χ3n) is 0.940. The quantitative estimate of drug-likeness (QED) is 0.485.